The number of hydrogen-bond donors (Lipinski definition) is 1. The van der Waals surface area contributed by atoms with Crippen LogP contribution in [0.25, 0.3) is 0 Å². The summed E-state index contributed by atoms with van der Waals surface area (Å²) in [6.45, 7) is 3.52. The molecule has 0 aliphatic carbocycles. The van der Waals surface area contributed by atoms with Crippen LogP contribution < -0.4 is 0 Å². The number of ether oxygens (including phenoxy) is 1. The SMILES string of the molecule is C=CCCCC(O)C1=CCC(C(F)(F)F)O1. The van der Waals surface area contributed by atoms with Crippen LogP contribution in [-0.2, 0) is 4.74 Å². The van der Waals surface area contributed by atoms with Crippen molar-refractivity contribution in [2.24, 2.45) is 0 Å². The summed E-state index contributed by atoms with van der Waals surface area (Å²) >= 11 is 0. The summed E-state index contributed by atoms with van der Waals surface area (Å²) in [6.07, 6.45) is -2.48. The quantitative estimate of drug-likeness (QED) is 0.587. The second-order valence-corrected chi connectivity index (χ2v) is 3.73. The maximum absolute atomic E-state index is 12.3. The number of allylic oxidation sites excluding steroid dienone is 1. The fourth-order valence-corrected chi connectivity index (χ4v) is 1.50. The van der Waals surface area contributed by atoms with Crippen LogP contribution in [0.1, 0.15) is 25.7 Å². The van der Waals surface area contributed by atoms with Gasteiger partial charge >= 0.3 is 6.18 Å². The zero-order valence-corrected chi connectivity index (χ0v) is 8.83. The highest BCUT2D eigenvalue weighted by Gasteiger charge is 2.44. The smallest absolute Gasteiger partial charge is 0.425 e. The third-order valence-electron chi connectivity index (χ3n) is 2.39. The Balaban J connectivity index is 2.37. The molecule has 0 bridgehead atoms. The zero-order valence-electron chi connectivity index (χ0n) is 8.83. The number of alkyl halides is 3. The molecule has 0 saturated heterocycles. The summed E-state index contributed by atoms with van der Waals surface area (Å²) in [6, 6.07) is 0. The molecule has 92 valence electrons. The third-order valence-corrected chi connectivity index (χ3v) is 2.39. The van der Waals surface area contributed by atoms with Crippen LogP contribution in [0.2, 0.25) is 0 Å². The van der Waals surface area contributed by atoms with Crippen LogP contribution in [0.15, 0.2) is 24.5 Å². The first kappa shape index (κ1) is 13.1. The van der Waals surface area contributed by atoms with Crippen molar-refractivity contribution in [2.45, 2.75) is 44.1 Å². The van der Waals surface area contributed by atoms with Crippen LogP contribution in [0, 0.1) is 0 Å². The van der Waals surface area contributed by atoms with Gasteiger partial charge in [0.2, 0.25) is 0 Å². The summed E-state index contributed by atoms with van der Waals surface area (Å²) in [5, 5.41) is 9.56. The van der Waals surface area contributed by atoms with Crippen molar-refractivity contribution >= 4 is 0 Å². The van der Waals surface area contributed by atoms with E-state index in [1.54, 1.807) is 6.08 Å². The molecule has 0 aromatic rings. The van der Waals surface area contributed by atoms with E-state index in [4.69, 9.17) is 0 Å². The second-order valence-electron chi connectivity index (χ2n) is 3.73. The van der Waals surface area contributed by atoms with Crippen LogP contribution in [0.5, 0.6) is 0 Å². The van der Waals surface area contributed by atoms with Gasteiger partial charge in [0.15, 0.2) is 6.10 Å². The van der Waals surface area contributed by atoms with Gasteiger partial charge in [-0.2, -0.15) is 13.2 Å². The number of rotatable bonds is 5. The lowest BCUT2D eigenvalue weighted by Gasteiger charge is -2.18. The second kappa shape index (κ2) is 5.39. The molecule has 1 rings (SSSR count). The molecular weight excluding hydrogens is 221 g/mol. The Morgan fingerprint density at radius 3 is 2.81 bits per heavy atom. The van der Waals surface area contributed by atoms with E-state index < -0.39 is 18.4 Å². The fraction of sp³-hybridized carbons (Fsp3) is 0.636. The van der Waals surface area contributed by atoms with E-state index in [9.17, 15) is 18.3 Å². The fourth-order valence-electron chi connectivity index (χ4n) is 1.50. The van der Waals surface area contributed by atoms with Gasteiger partial charge in [-0.25, -0.2) is 0 Å². The van der Waals surface area contributed by atoms with Crippen molar-refractivity contribution in [1.82, 2.24) is 0 Å². The molecule has 2 unspecified atom stereocenters. The molecule has 1 aliphatic rings. The zero-order chi connectivity index (χ0) is 12.2. The van der Waals surface area contributed by atoms with Crippen molar-refractivity contribution in [3.8, 4) is 0 Å². The Morgan fingerprint density at radius 2 is 2.31 bits per heavy atom. The van der Waals surface area contributed by atoms with E-state index >= 15 is 0 Å². The van der Waals surface area contributed by atoms with Gasteiger partial charge in [0, 0.05) is 6.42 Å². The van der Waals surface area contributed by atoms with Gasteiger partial charge in [0.05, 0.1) is 0 Å². The first-order chi connectivity index (χ1) is 7.45. The van der Waals surface area contributed by atoms with Crippen molar-refractivity contribution in [3.63, 3.8) is 0 Å². The molecule has 0 amide bonds. The van der Waals surface area contributed by atoms with Crippen LogP contribution in [0.3, 0.4) is 0 Å². The average molecular weight is 236 g/mol. The minimum Gasteiger partial charge on any atom is -0.483 e. The summed E-state index contributed by atoms with van der Waals surface area (Å²) in [4.78, 5) is 0. The molecule has 0 fully saturated rings. The van der Waals surface area contributed by atoms with Crippen molar-refractivity contribution in [3.05, 3.63) is 24.5 Å². The van der Waals surface area contributed by atoms with Gasteiger partial charge in [-0.3, -0.25) is 0 Å². The number of aliphatic hydroxyl groups excluding tert-OH is 1. The molecule has 0 saturated carbocycles. The molecule has 0 aromatic heterocycles. The molecular formula is C11H15F3O2. The Morgan fingerprint density at radius 1 is 1.62 bits per heavy atom. The molecule has 0 aromatic carbocycles. The maximum atomic E-state index is 12.3. The van der Waals surface area contributed by atoms with Gasteiger partial charge in [0.1, 0.15) is 11.9 Å². The van der Waals surface area contributed by atoms with Gasteiger partial charge in [0.25, 0.3) is 0 Å². The normalized spacial score (nSPS) is 22.5. The van der Waals surface area contributed by atoms with Crippen LogP contribution in [0.4, 0.5) is 13.2 Å². The average Bonchev–Trinajstić information content (AvgIpc) is 2.66. The van der Waals surface area contributed by atoms with E-state index in [2.05, 4.69) is 11.3 Å². The highest BCUT2D eigenvalue weighted by Crippen LogP contribution is 2.33. The Bertz CT molecular complexity index is 271. The molecule has 1 aliphatic heterocycles. The summed E-state index contributed by atoms with van der Waals surface area (Å²) < 4.78 is 41.4. The lowest BCUT2D eigenvalue weighted by Crippen LogP contribution is -2.29. The third kappa shape index (κ3) is 3.56. The largest absolute Gasteiger partial charge is 0.483 e. The predicted molar refractivity (Wildman–Crippen MR) is 53.7 cm³/mol. The van der Waals surface area contributed by atoms with Crippen molar-refractivity contribution in [1.29, 1.82) is 0 Å². The lowest BCUT2D eigenvalue weighted by molar-refractivity contribution is -0.205. The summed E-state index contributed by atoms with van der Waals surface area (Å²) in [7, 11) is 0. The van der Waals surface area contributed by atoms with Gasteiger partial charge in [-0.05, 0) is 25.3 Å². The Hall–Kier alpha value is -0.970. The van der Waals surface area contributed by atoms with Gasteiger partial charge in [-0.15, -0.1) is 6.58 Å². The number of aliphatic hydroxyl groups is 1. The first-order valence-electron chi connectivity index (χ1n) is 5.17. The molecule has 2 atom stereocenters. The lowest BCUT2D eigenvalue weighted by atomic mass is 10.1. The van der Waals surface area contributed by atoms with E-state index in [0.29, 0.717) is 12.8 Å². The topological polar surface area (TPSA) is 29.5 Å². The van der Waals surface area contributed by atoms with E-state index in [1.807, 2.05) is 0 Å². The Labute approximate surface area is 92.4 Å². The number of halogens is 3. The summed E-state index contributed by atoms with van der Waals surface area (Å²) in [5.41, 5.74) is 0. The molecule has 0 spiro atoms. The monoisotopic (exact) mass is 236 g/mol. The number of hydrogen-bond acceptors (Lipinski definition) is 2. The van der Waals surface area contributed by atoms with E-state index in [1.165, 1.54) is 6.08 Å². The highest BCUT2D eigenvalue weighted by molar-refractivity contribution is 5.07. The van der Waals surface area contributed by atoms with Crippen molar-refractivity contribution < 1.29 is 23.0 Å². The highest BCUT2D eigenvalue weighted by atomic mass is 19.4. The van der Waals surface area contributed by atoms with Crippen LogP contribution >= 0.6 is 0 Å². The minimum atomic E-state index is -4.36. The predicted octanol–water partition coefficient (Wildman–Crippen LogP) is 2.94. The first-order valence-corrected chi connectivity index (χ1v) is 5.17. The minimum absolute atomic E-state index is 0.0476. The standard InChI is InChI=1S/C11H15F3O2/c1-2-3-4-5-8(15)9-6-7-10(16-9)11(12,13)14/h2,6,8,10,15H,1,3-5,7H2. The van der Waals surface area contributed by atoms with E-state index in [0.717, 1.165) is 6.42 Å². The molecule has 5 heteroatoms. The van der Waals surface area contributed by atoms with Gasteiger partial charge in [-0.1, -0.05) is 6.08 Å². The molecule has 0 radical (unpaired) electrons. The number of unbranched alkanes of at least 4 members (excludes halogenated alkanes) is 1. The molecule has 2 nitrogen and oxygen atoms in total. The van der Waals surface area contributed by atoms with Gasteiger partial charge < -0.3 is 9.84 Å². The summed E-state index contributed by atoms with van der Waals surface area (Å²) in [5.74, 6) is 0.0476. The van der Waals surface area contributed by atoms with E-state index in [-0.39, 0.29) is 12.2 Å². The molecule has 1 heterocycles. The molecule has 1 N–H and O–H groups in total. The Kier molecular flexibility index (Phi) is 4.41. The molecule has 16 heavy (non-hydrogen) atoms. The maximum Gasteiger partial charge on any atom is 0.425 e. The van der Waals surface area contributed by atoms with Crippen molar-refractivity contribution in [2.75, 3.05) is 0 Å². The van der Waals surface area contributed by atoms with Crippen LogP contribution in [-0.4, -0.2) is 23.5 Å².